The quantitative estimate of drug-likeness (QED) is 0.609. The molecule has 120 valence electrons. The van der Waals surface area contributed by atoms with Crippen LogP contribution in [0.1, 0.15) is 12.5 Å². The van der Waals surface area contributed by atoms with Gasteiger partial charge in [-0.15, -0.1) is 0 Å². The summed E-state index contributed by atoms with van der Waals surface area (Å²) in [5.74, 6) is -0.883. The molecule has 0 radical (unpaired) electrons. The predicted octanol–water partition coefficient (Wildman–Crippen LogP) is 3.72. The summed E-state index contributed by atoms with van der Waals surface area (Å²) >= 11 is 5.82. The van der Waals surface area contributed by atoms with E-state index in [-0.39, 0.29) is 11.5 Å². The number of rotatable bonds is 5. The first-order chi connectivity index (χ1) is 10.9. The summed E-state index contributed by atoms with van der Waals surface area (Å²) in [5, 5.41) is 0.519. The minimum atomic E-state index is -3.98. The molecule has 0 saturated heterocycles. The Hall–Kier alpha value is -2.11. The van der Waals surface area contributed by atoms with Crippen molar-refractivity contribution < 1.29 is 17.9 Å². The van der Waals surface area contributed by atoms with Gasteiger partial charge in [-0.3, -0.25) is 0 Å². The number of halogens is 1. The molecule has 0 bridgehead atoms. The Morgan fingerprint density at radius 3 is 2.26 bits per heavy atom. The fraction of sp³-hybridized carbons (Fsp3) is 0.118. The predicted molar refractivity (Wildman–Crippen MR) is 89.7 cm³/mol. The van der Waals surface area contributed by atoms with Crippen molar-refractivity contribution in [2.45, 2.75) is 11.8 Å². The van der Waals surface area contributed by atoms with Gasteiger partial charge in [0.05, 0.1) is 11.5 Å². The fourth-order valence-corrected chi connectivity index (χ4v) is 3.35. The van der Waals surface area contributed by atoms with E-state index in [4.69, 9.17) is 16.3 Å². The largest absolute Gasteiger partial charge is 0.462 e. The molecule has 0 aliphatic heterocycles. The van der Waals surface area contributed by atoms with Crippen LogP contribution < -0.4 is 0 Å². The lowest BCUT2D eigenvalue weighted by molar-refractivity contribution is -0.137. The number of esters is 1. The minimum absolute atomic E-state index is 0.0354. The zero-order chi connectivity index (χ0) is 16.9. The van der Waals surface area contributed by atoms with E-state index in [2.05, 4.69) is 0 Å². The van der Waals surface area contributed by atoms with Gasteiger partial charge in [0.1, 0.15) is 0 Å². The van der Waals surface area contributed by atoms with E-state index in [9.17, 15) is 13.2 Å². The van der Waals surface area contributed by atoms with Crippen LogP contribution in [0.5, 0.6) is 0 Å². The molecule has 0 aliphatic carbocycles. The Kier molecular flexibility index (Phi) is 5.58. The van der Waals surface area contributed by atoms with Gasteiger partial charge in [0.25, 0.3) is 0 Å². The van der Waals surface area contributed by atoms with E-state index in [1.54, 1.807) is 49.4 Å². The summed E-state index contributed by atoms with van der Waals surface area (Å²) in [6.45, 7) is 1.70. The van der Waals surface area contributed by atoms with E-state index < -0.39 is 20.7 Å². The zero-order valence-electron chi connectivity index (χ0n) is 12.4. The minimum Gasteiger partial charge on any atom is -0.462 e. The normalized spacial score (nSPS) is 12.0. The second-order valence-corrected chi connectivity index (χ2v) is 6.95. The van der Waals surface area contributed by atoms with Gasteiger partial charge in [-0.25, -0.2) is 13.2 Å². The van der Waals surface area contributed by atoms with Crippen LogP contribution in [0.25, 0.3) is 6.08 Å². The van der Waals surface area contributed by atoms with Crippen LogP contribution in [-0.2, 0) is 19.4 Å². The van der Waals surface area contributed by atoms with Crippen LogP contribution in [0.4, 0.5) is 0 Å². The van der Waals surface area contributed by atoms with Gasteiger partial charge < -0.3 is 4.74 Å². The molecule has 0 N–H and O–H groups in total. The molecule has 2 rings (SSSR count). The molecule has 0 spiro atoms. The van der Waals surface area contributed by atoms with E-state index in [0.717, 1.165) is 0 Å². The van der Waals surface area contributed by atoms with E-state index in [1.807, 2.05) is 0 Å². The monoisotopic (exact) mass is 350 g/mol. The summed E-state index contributed by atoms with van der Waals surface area (Å²) in [5.41, 5.74) is 0.539. The third-order valence-electron chi connectivity index (χ3n) is 2.99. The van der Waals surface area contributed by atoms with Gasteiger partial charge >= 0.3 is 5.97 Å². The molecule has 0 aliphatic rings. The first-order valence-corrected chi connectivity index (χ1v) is 8.76. The highest BCUT2D eigenvalue weighted by atomic mass is 35.5. The summed E-state index contributed by atoms with van der Waals surface area (Å²) in [6, 6.07) is 14.2. The lowest BCUT2D eigenvalue weighted by Crippen LogP contribution is -2.16. The van der Waals surface area contributed by atoms with Crippen LogP contribution in [0.3, 0.4) is 0 Å². The van der Waals surface area contributed by atoms with Crippen LogP contribution >= 0.6 is 11.6 Å². The fourth-order valence-electron chi connectivity index (χ4n) is 1.89. The Bertz CT molecular complexity index is 809. The third-order valence-corrected chi connectivity index (χ3v) is 5.00. The van der Waals surface area contributed by atoms with Crippen molar-refractivity contribution in [2.24, 2.45) is 0 Å². The lowest BCUT2D eigenvalue weighted by atomic mass is 10.2. The Labute approximate surface area is 140 Å². The van der Waals surface area contributed by atoms with E-state index in [0.29, 0.717) is 10.6 Å². The number of sulfone groups is 1. The molecular formula is C17H15ClO4S. The molecule has 0 aromatic heterocycles. The highest BCUT2D eigenvalue weighted by Gasteiger charge is 2.28. The molecular weight excluding hydrogens is 336 g/mol. The Morgan fingerprint density at radius 1 is 1.09 bits per heavy atom. The third kappa shape index (κ3) is 4.21. The second kappa shape index (κ2) is 7.44. The van der Waals surface area contributed by atoms with Crippen LogP contribution in [0.15, 0.2) is 64.4 Å². The van der Waals surface area contributed by atoms with Gasteiger partial charge in [-0.2, -0.15) is 0 Å². The molecule has 2 aromatic carbocycles. The molecule has 0 amide bonds. The average molecular weight is 351 g/mol. The number of carbonyl (C=O) groups is 1. The molecule has 0 saturated carbocycles. The summed E-state index contributed by atoms with van der Waals surface area (Å²) in [4.78, 5) is 11.8. The lowest BCUT2D eigenvalue weighted by Gasteiger charge is -2.09. The maximum absolute atomic E-state index is 12.7. The molecule has 23 heavy (non-hydrogen) atoms. The van der Waals surface area contributed by atoms with Gasteiger partial charge in [-0.05, 0) is 42.8 Å². The Balaban J connectivity index is 2.54. The molecule has 0 fully saturated rings. The molecule has 4 nitrogen and oxygen atoms in total. The van der Waals surface area contributed by atoms with Crippen molar-refractivity contribution in [3.8, 4) is 0 Å². The first kappa shape index (κ1) is 17.2. The molecule has 0 atom stereocenters. The maximum Gasteiger partial charge on any atom is 0.350 e. The van der Waals surface area contributed by atoms with E-state index >= 15 is 0 Å². The average Bonchev–Trinajstić information content (AvgIpc) is 2.55. The van der Waals surface area contributed by atoms with Gasteiger partial charge in [0.2, 0.25) is 9.84 Å². The van der Waals surface area contributed by atoms with E-state index in [1.165, 1.54) is 18.2 Å². The number of benzene rings is 2. The van der Waals surface area contributed by atoms with Crippen molar-refractivity contribution in [3.63, 3.8) is 0 Å². The smallest absolute Gasteiger partial charge is 0.350 e. The number of carbonyl (C=O) groups excluding carboxylic acids is 1. The Morgan fingerprint density at radius 2 is 1.70 bits per heavy atom. The van der Waals surface area contributed by atoms with Crippen molar-refractivity contribution >= 4 is 33.5 Å². The van der Waals surface area contributed by atoms with Crippen LogP contribution in [-0.4, -0.2) is 21.0 Å². The zero-order valence-corrected chi connectivity index (χ0v) is 14.0. The van der Waals surface area contributed by atoms with Crippen molar-refractivity contribution in [1.82, 2.24) is 0 Å². The summed E-state index contributed by atoms with van der Waals surface area (Å²) in [7, 11) is -3.98. The second-order valence-electron chi connectivity index (χ2n) is 4.60. The highest BCUT2D eigenvalue weighted by molar-refractivity contribution is 7.96. The van der Waals surface area contributed by atoms with Crippen molar-refractivity contribution in [2.75, 3.05) is 6.61 Å². The molecule has 2 aromatic rings. The highest BCUT2D eigenvalue weighted by Crippen LogP contribution is 2.23. The van der Waals surface area contributed by atoms with Gasteiger partial charge in [0, 0.05) is 5.02 Å². The number of hydrogen-bond donors (Lipinski definition) is 0. The first-order valence-electron chi connectivity index (χ1n) is 6.89. The van der Waals surface area contributed by atoms with Crippen molar-refractivity contribution in [3.05, 3.63) is 70.1 Å². The SMILES string of the molecule is CCOC(=O)/C(=C/c1ccc(Cl)cc1)S(=O)(=O)c1ccccc1. The molecule has 0 unspecified atom stereocenters. The number of hydrogen-bond acceptors (Lipinski definition) is 4. The van der Waals surface area contributed by atoms with Crippen LogP contribution in [0.2, 0.25) is 5.02 Å². The van der Waals surface area contributed by atoms with Gasteiger partial charge in [-0.1, -0.05) is 41.9 Å². The summed E-state index contributed by atoms with van der Waals surface area (Å²) in [6.07, 6.45) is 1.29. The standard InChI is InChI=1S/C17H15ClO4S/c1-2-22-17(19)16(12-13-8-10-14(18)11-9-13)23(20,21)15-6-4-3-5-7-15/h3-12H,2H2,1H3/b16-12-. The van der Waals surface area contributed by atoms with Crippen LogP contribution in [0, 0.1) is 0 Å². The number of ether oxygens (including phenoxy) is 1. The van der Waals surface area contributed by atoms with Gasteiger partial charge in [0.15, 0.2) is 4.91 Å². The molecule has 0 heterocycles. The summed E-state index contributed by atoms with van der Waals surface area (Å²) < 4.78 is 30.3. The molecule has 6 heteroatoms. The maximum atomic E-state index is 12.7. The topological polar surface area (TPSA) is 60.4 Å². The van der Waals surface area contributed by atoms with Crippen molar-refractivity contribution in [1.29, 1.82) is 0 Å².